The van der Waals surface area contributed by atoms with E-state index in [1.807, 2.05) is 0 Å². The molecule has 114 valence electrons. The average Bonchev–Trinajstić information content (AvgIpc) is 2.27. The van der Waals surface area contributed by atoms with Gasteiger partial charge in [0.2, 0.25) is 5.15 Å². The number of hydrogen-bond acceptors (Lipinski definition) is 6. The lowest BCUT2D eigenvalue weighted by Gasteiger charge is -2.18. The zero-order valence-electron chi connectivity index (χ0n) is 11.4. The summed E-state index contributed by atoms with van der Waals surface area (Å²) >= 11 is 5.81. The summed E-state index contributed by atoms with van der Waals surface area (Å²) in [5, 5.41) is 13.9. The van der Waals surface area contributed by atoms with Crippen molar-refractivity contribution in [2.75, 3.05) is 32.8 Å². The van der Waals surface area contributed by atoms with Crippen LogP contribution >= 0.6 is 24.0 Å². The highest BCUT2D eigenvalue weighted by Crippen LogP contribution is 2.32. The number of aryl methyl sites for hydroxylation is 1. The third kappa shape index (κ3) is 5.09. The van der Waals surface area contributed by atoms with Gasteiger partial charge in [-0.25, -0.2) is 4.98 Å². The Morgan fingerprint density at radius 3 is 2.45 bits per heavy atom. The Hall–Kier alpha value is -1.15. The van der Waals surface area contributed by atoms with Crippen molar-refractivity contribution in [1.82, 2.24) is 4.98 Å². The molecule has 20 heavy (non-hydrogen) atoms. The molecule has 1 N–H and O–H groups in total. The number of hydrogen-bond donors (Lipinski definition) is 1. The first-order valence-electron chi connectivity index (χ1n) is 5.55. The van der Waals surface area contributed by atoms with E-state index in [4.69, 9.17) is 21.1 Å². The Balaban J connectivity index is 0.00000361. The van der Waals surface area contributed by atoms with Crippen LogP contribution in [-0.4, -0.2) is 43.4 Å². The van der Waals surface area contributed by atoms with Crippen LogP contribution in [0.15, 0.2) is 6.07 Å². The van der Waals surface area contributed by atoms with Crippen LogP contribution in [0.4, 0.5) is 11.4 Å². The zero-order chi connectivity index (χ0) is 14.4. The number of nitrogens with one attached hydrogen (secondary N) is 1. The molecule has 0 radical (unpaired) electrons. The minimum absolute atomic E-state index is 0. The lowest BCUT2D eigenvalue weighted by atomic mass is 10.2. The predicted molar refractivity (Wildman–Crippen MR) is 79.0 cm³/mol. The van der Waals surface area contributed by atoms with E-state index in [1.54, 1.807) is 27.2 Å². The lowest BCUT2D eigenvalue weighted by molar-refractivity contribution is -0.384. The van der Waals surface area contributed by atoms with Crippen LogP contribution in [0.1, 0.15) is 5.69 Å². The van der Waals surface area contributed by atoms with E-state index in [9.17, 15) is 10.1 Å². The third-order valence-electron chi connectivity index (χ3n) is 2.36. The number of nitro groups is 1. The van der Waals surface area contributed by atoms with Gasteiger partial charge >= 0.3 is 5.69 Å². The predicted octanol–water partition coefficient (Wildman–Crippen LogP) is 2.45. The van der Waals surface area contributed by atoms with Crippen molar-refractivity contribution in [3.8, 4) is 0 Å². The molecule has 1 heterocycles. The maximum absolute atomic E-state index is 11.0. The van der Waals surface area contributed by atoms with Crippen LogP contribution in [0.3, 0.4) is 0 Å². The summed E-state index contributed by atoms with van der Waals surface area (Å²) < 4.78 is 10.1. The molecule has 0 saturated carbocycles. The van der Waals surface area contributed by atoms with Crippen molar-refractivity contribution >= 4 is 35.4 Å². The molecule has 0 saturated heterocycles. The largest absolute Gasteiger partial charge is 0.382 e. The number of halogens is 2. The molecule has 7 nitrogen and oxygen atoms in total. The van der Waals surface area contributed by atoms with Crippen LogP contribution in [0, 0.1) is 17.0 Å². The van der Waals surface area contributed by atoms with Gasteiger partial charge in [-0.05, 0) is 13.0 Å². The SMILES string of the molecule is COCC(COC)Nc1cc(C)nc(Cl)c1[N+](=O)[O-].Cl. The van der Waals surface area contributed by atoms with Gasteiger partial charge in [0, 0.05) is 19.9 Å². The summed E-state index contributed by atoms with van der Waals surface area (Å²) in [5.41, 5.74) is 0.651. The van der Waals surface area contributed by atoms with E-state index >= 15 is 0 Å². The smallest absolute Gasteiger partial charge is 0.329 e. The van der Waals surface area contributed by atoms with Crippen molar-refractivity contribution in [3.63, 3.8) is 0 Å². The molecule has 0 fully saturated rings. The molecule has 0 unspecified atom stereocenters. The minimum atomic E-state index is -0.562. The van der Waals surface area contributed by atoms with Crippen molar-refractivity contribution in [2.24, 2.45) is 0 Å². The molecular weight excluding hydrogens is 309 g/mol. The van der Waals surface area contributed by atoms with Gasteiger partial charge in [0.05, 0.1) is 24.2 Å². The Labute approximate surface area is 128 Å². The summed E-state index contributed by atoms with van der Waals surface area (Å²) in [7, 11) is 3.09. The van der Waals surface area contributed by atoms with E-state index in [0.29, 0.717) is 24.6 Å². The number of rotatable bonds is 7. The maximum atomic E-state index is 11.0. The number of pyridine rings is 1. The molecule has 0 aliphatic heterocycles. The van der Waals surface area contributed by atoms with E-state index in [2.05, 4.69) is 10.3 Å². The van der Waals surface area contributed by atoms with Crippen LogP contribution in [0.5, 0.6) is 0 Å². The molecule has 9 heteroatoms. The molecule has 0 atom stereocenters. The molecule has 0 amide bonds. The number of methoxy groups -OCH3 is 2. The van der Waals surface area contributed by atoms with Gasteiger partial charge in [0.1, 0.15) is 5.69 Å². The van der Waals surface area contributed by atoms with Gasteiger partial charge in [0.25, 0.3) is 0 Å². The van der Waals surface area contributed by atoms with E-state index in [-0.39, 0.29) is 29.3 Å². The van der Waals surface area contributed by atoms with Crippen molar-refractivity contribution in [1.29, 1.82) is 0 Å². The first kappa shape index (κ1) is 18.9. The van der Waals surface area contributed by atoms with Crippen LogP contribution in [0.25, 0.3) is 0 Å². The Kier molecular flexibility index (Phi) is 8.40. The highest BCUT2D eigenvalue weighted by Gasteiger charge is 2.23. The summed E-state index contributed by atoms with van der Waals surface area (Å²) in [6.45, 7) is 2.41. The van der Waals surface area contributed by atoms with E-state index in [1.165, 1.54) is 0 Å². The maximum Gasteiger partial charge on any atom is 0.329 e. The fourth-order valence-electron chi connectivity index (χ4n) is 1.67. The number of aromatic nitrogens is 1. The van der Waals surface area contributed by atoms with Crippen molar-refractivity contribution in [3.05, 3.63) is 27.0 Å². The number of nitrogens with zero attached hydrogens (tertiary/aromatic N) is 2. The van der Waals surface area contributed by atoms with Gasteiger partial charge in [-0.15, -0.1) is 12.4 Å². The second-order valence-electron chi connectivity index (χ2n) is 3.96. The van der Waals surface area contributed by atoms with Gasteiger partial charge in [-0.1, -0.05) is 11.6 Å². The Morgan fingerprint density at radius 1 is 1.45 bits per heavy atom. The quantitative estimate of drug-likeness (QED) is 0.470. The van der Waals surface area contributed by atoms with Crippen molar-refractivity contribution in [2.45, 2.75) is 13.0 Å². The second kappa shape index (κ2) is 8.91. The normalized spacial score (nSPS) is 10.2. The summed E-state index contributed by atoms with van der Waals surface area (Å²) in [4.78, 5) is 14.3. The summed E-state index contributed by atoms with van der Waals surface area (Å²) in [5.74, 6) is 0. The van der Waals surface area contributed by atoms with E-state index in [0.717, 1.165) is 0 Å². The molecule has 0 aromatic carbocycles. The highest BCUT2D eigenvalue weighted by molar-refractivity contribution is 6.32. The molecule has 0 aliphatic rings. The van der Waals surface area contributed by atoms with Gasteiger partial charge in [0.15, 0.2) is 0 Å². The number of ether oxygens (including phenoxy) is 2. The van der Waals surface area contributed by atoms with Crippen molar-refractivity contribution < 1.29 is 14.4 Å². The molecule has 1 aromatic rings. The standard InChI is InChI=1S/C11H16ClN3O4.ClH/c1-7-4-9(10(15(16)17)11(12)13-7)14-8(5-18-2)6-19-3;/h4,8H,5-6H2,1-3H3,(H,13,14);1H. The Bertz CT molecular complexity index is 454. The molecular formula is C11H17Cl2N3O4. The first-order valence-corrected chi connectivity index (χ1v) is 5.93. The fraction of sp³-hybridized carbons (Fsp3) is 0.545. The topological polar surface area (TPSA) is 86.5 Å². The average molecular weight is 326 g/mol. The highest BCUT2D eigenvalue weighted by atomic mass is 35.5. The van der Waals surface area contributed by atoms with Crippen LogP contribution < -0.4 is 5.32 Å². The summed E-state index contributed by atoms with van der Waals surface area (Å²) in [6, 6.07) is 1.36. The molecule has 0 aliphatic carbocycles. The third-order valence-corrected chi connectivity index (χ3v) is 2.62. The molecule has 1 aromatic heterocycles. The zero-order valence-corrected chi connectivity index (χ0v) is 13.0. The molecule has 0 bridgehead atoms. The van der Waals surface area contributed by atoms with Gasteiger partial charge < -0.3 is 14.8 Å². The molecule has 1 rings (SSSR count). The summed E-state index contributed by atoms with van der Waals surface area (Å²) in [6.07, 6.45) is 0. The van der Waals surface area contributed by atoms with Gasteiger partial charge in [-0.3, -0.25) is 10.1 Å². The number of anilines is 1. The van der Waals surface area contributed by atoms with Crippen LogP contribution in [0.2, 0.25) is 5.15 Å². The first-order chi connectivity index (χ1) is 8.99. The Morgan fingerprint density at radius 2 is 2.00 bits per heavy atom. The minimum Gasteiger partial charge on any atom is -0.382 e. The second-order valence-corrected chi connectivity index (χ2v) is 4.32. The van der Waals surface area contributed by atoms with Crippen LogP contribution in [-0.2, 0) is 9.47 Å². The fourth-order valence-corrected chi connectivity index (χ4v) is 1.97. The van der Waals surface area contributed by atoms with Gasteiger partial charge in [-0.2, -0.15) is 0 Å². The molecule has 0 spiro atoms. The lowest BCUT2D eigenvalue weighted by Crippen LogP contribution is -2.30. The van der Waals surface area contributed by atoms with E-state index < -0.39 is 4.92 Å². The monoisotopic (exact) mass is 325 g/mol.